The van der Waals surface area contributed by atoms with Crippen LogP contribution in [0.15, 0.2) is 18.3 Å². The molecule has 1 amide bonds. The van der Waals surface area contributed by atoms with E-state index in [0.717, 1.165) is 6.42 Å². The smallest absolute Gasteiger partial charge is 0.410 e. The molecule has 1 N–H and O–H groups in total. The summed E-state index contributed by atoms with van der Waals surface area (Å²) >= 11 is 0. The standard InChI is InChI=1S/C12H18N2O4/c1-16-7-3-5-14-12(15)18-11-4-6-13-10(8-11)9-17-2/h4,6,8H,3,5,7,9H2,1-2H3,(H,14,15). The summed E-state index contributed by atoms with van der Waals surface area (Å²) in [7, 11) is 3.20. The second kappa shape index (κ2) is 8.43. The molecule has 0 aliphatic rings. The number of methoxy groups -OCH3 is 2. The first-order chi connectivity index (χ1) is 8.76. The summed E-state index contributed by atoms with van der Waals surface area (Å²) in [4.78, 5) is 15.5. The maximum atomic E-state index is 11.4. The number of pyridine rings is 1. The van der Waals surface area contributed by atoms with Gasteiger partial charge in [-0.05, 0) is 12.5 Å². The molecule has 0 aliphatic carbocycles. The Bertz CT molecular complexity index is 371. The van der Waals surface area contributed by atoms with Gasteiger partial charge >= 0.3 is 6.09 Å². The summed E-state index contributed by atoms with van der Waals surface area (Å²) in [5, 5.41) is 2.62. The van der Waals surface area contributed by atoms with Crippen LogP contribution >= 0.6 is 0 Å². The molecule has 18 heavy (non-hydrogen) atoms. The van der Waals surface area contributed by atoms with Gasteiger partial charge in [-0.2, -0.15) is 0 Å². The minimum Gasteiger partial charge on any atom is -0.410 e. The number of aromatic nitrogens is 1. The molecule has 1 aromatic heterocycles. The Hall–Kier alpha value is -1.66. The van der Waals surface area contributed by atoms with Gasteiger partial charge in [-0.25, -0.2) is 4.79 Å². The van der Waals surface area contributed by atoms with E-state index in [1.807, 2.05) is 0 Å². The van der Waals surface area contributed by atoms with E-state index in [-0.39, 0.29) is 0 Å². The number of carbonyl (C=O) groups is 1. The van der Waals surface area contributed by atoms with Crippen molar-refractivity contribution >= 4 is 6.09 Å². The number of amides is 1. The monoisotopic (exact) mass is 254 g/mol. The topological polar surface area (TPSA) is 69.7 Å². The van der Waals surface area contributed by atoms with Gasteiger partial charge in [0.25, 0.3) is 0 Å². The van der Waals surface area contributed by atoms with Crippen molar-refractivity contribution < 1.29 is 19.0 Å². The molecule has 0 radical (unpaired) electrons. The minimum atomic E-state index is -0.485. The first-order valence-corrected chi connectivity index (χ1v) is 5.64. The fourth-order valence-corrected chi connectivity index (χ4v) is 1.30. The normalized spacial score (nSPS) is 10.1. The molecule has 6 nitrogen and oxygen atoms in total. The molecule has 0 aromatic carbocycles. The lowest BCUT2D eigenvalue weighted by Gasteiger charge is -2.07. The largest absolute Gasteiger partial charge is 0.412 e. The number of nitrogens with zero attached hydrogens (tertiary/aromatic N) is 1. The molecule has 0 aliphatic heterocycles. The Morgan fingerprint density at radius 1 is 1.39 bits per heavy atom. The van der Waals surface area contributed by atoms with Crippen LogP contribution in [0, 0.1) is 0 Å². The van der Waals surface area contributed by atoms with Crippen molar-refractivity contribution in [3.63, 3.8) is 0 Å². The van der Waals surface area contributed by atoms with Crippen LogP contribution in [0.4, 0.5) is 4.79 Å². The number of hydrogen-bond donors (Lipinski definition) is 1. The molecule has 6 heteroatoms. The van der Waals surface area contributed by atoms with Gasteiger partial charge in [-0.1, -0.05) is 0 Å². The SMILES string of the molecule is COCCCNC(=O)Oc1ccnc(COC)c1. The van der Waals surface area contributed by atoms with Crippen LogP contribution in [0.2, 0.25) is 0 Å². The lowest BCUT2D eigenvalue weighted by Crippen LogP contribution is -2.28. The Morgan fingerprint density at radius 2 is 2.22 bits per heavy atom. The van der Waals surface area contributed by atoms with Crippen molar-refractivity contribution in [2.24, 2.45) is 0 Å². The van der Waals surface area contributed by atoms with Crippen LogP contribution in [0.5, 0.6) is 5.75 Å². The van der Waals surface area contributed by atoms with Crippen LogP contribution in [0.25, 0.3) is 0 Å². The number of rotatable bonds is 7. The lowest BCUT2D eigenvalue weighted by molar-refractivity contribution is 0.180. The van der Waals surface area contributed by atoms with Crippen LogP contribution in [0.1, 0.15) is 12.1 Å². The van der Waals surface area contributed by atoms with Gasteiger partial charge in [0.1, 0.15) is 5.75 Å². The number of carbonyl (C=O) groups excluding carboxylic acids is 1. The maximum absolute atomic E-state index is 11.4. The zero-order valence-electron chi connectivity index (χ0n) is 10.6. The summed E-state index contributed by atoms with van der Waals surface area (Å²) in [6.07, 6.45) is 1.83. The quantitative estimate of drug-likeness (QED) is 0.744. The molecular weight excluding hydrogens is 236 g/mol. The molecule has 0 saturated carbocycles. The van der Waals surface area contributed by atoms with Crippen LogP contribution in [0.3, 0.4) is 0 Å². The van der Waals surface area contributed by atoms with Crippen molar-refractivity contribution in [1.29, 1.82) is 0 Å². The molecule has 100 valence electrons. The Kier molecular flexibility index (Phi) is 6.75. The van der Waals surface area contributed by atoms with E-state index < -0.39 is 6.09 Å². The van der Waals surface area contributed by atoms with E-state index in [2.05, 4.69) is 10.3 Å². The van der Waals surface area contributed by atoms with Crippen LogP contribution in [-0.2, 0) is 16.1 Å². The van der Waals surface area contributed by atoms with Crippen molar-refractivity contribution in [3.8, 4) is 5.75 Å². The highest BCUT2D eigenvalue weighted by atomic mass is 16.6. The van der Waals surface area contributed by atoms with Crippen molar-refractivity contribution in [2.75, 3.05) is 27.4 Å². The number of nitrogens with one attached hydrogen (secondary N) is 1. The zero-order chi connectivity index (χ0) is 13.2. The maximum Gasteiger partial charge on any atom is 0.412 e. The van der Waals surface area contributed by atoms with Gasteiger partial charge in [0.15, 0.2) is 0 Å². The third-order valence-electron chi connectivity index (χ3n) is 2.09. The molecule has 0 saturated heterocycles. The van der Waals surface area contributed by atoms with Gasteiger partial charge in [-0.3, -0.25) is 4.98 Å². The van der Waals surface area contributed by atoms with Crippen LogP contribution in [-0.4, -0.2) is 38.4 Å². The second-order valence-corrected chi connectivity index (χ2v) is 3.58. The van der Waals surface area contributed by atoms with E-state index >= 15 is 0 Å². The molecule has 1 aromatic rings. The van der Waals surface area contributed by atoms with Crippen molar-refractivity contribution in [1.82, 2.24) is 10.3 Å². The molecule has 1 heterocycles. The highest BCUT2D eigenvalue weighted by Crippen LogP contribution is 2.11. The molecule has 0 unspecified atom stereocenters. The predicted molar refractivity (Wildman–Crippen MR) is 65.5 cm³/mol. The van der Waals surface area contributed by atoms with Crippen molar-refractivity contribution in [3.05, 3.63) is 24.0 Å². The molecular formula is C12H18N2O4. The van der Waals surface area contributed by atoms with E-state index in [9.17, 15) is 4.79 Å². The summed E-state index contributed by atoms with van der Waals surface area (Å²) in [5.41, 5.74) is 0.710. The highest BCUT2D eigenvalue weighted by Gasteiger charge is 2.04. The third kappa shape index (κ3) is 5.60. The summed E-state index contributed by atoms with van der Waals surface area (Å²) in [5.74, 6) is 0.446. The van der Waals surface area contributed by atoms with E-state index in [4.69, 9.17) is 14.2 Å². The molecule has 0 spiro atoms. The van der Waals surface area contributed by atoms with Gasteiger partial charge in [0, 0.05) is 39.6 Å². The number of hydrogen-bond acceptors (Lipinski definition) is 5. The van der Waals surface area contributed by atoms with Crippen molar-refractivity contribution in [2.45, 2.75) is 13.0 Å². The van der Waals surface area contributed by atoms with Gasteiger partial charge in [0.2, 0.25) is 0 Å². The average molecular weight is 254 g/mol. The number of ether oxygens (including phenoxy) is 3. The average Bonchev–Trinajstić information content (AvgIpc) is 2.35. The Labute approximate surface area is 106 Å². The van der Waals surface area contributed by atoms with Gasteiger partial charge in [-0.15, -0.1) is 0 Å². The summed E-state index contributed by atoms with van der Waals surface area (Å²) < 4.78 is 14.9. The molecule has 1 rings (SSSR count). The molecule has 0 fully saturated rings. The third-order valence-corrected chi connectivity index (χ3v) is 2.09. The van der Waals surface area contributed by atoms with E-state index in [1.165, 1.54) is 0 Å². The van der Waals surface area contributed by atoms with E-state index in [1.54, 1.807) is 32.5 Å². The van der Waals surface area contributed by atoms with Crippen LogP contribution < -0.4 is 10.1 Å². The Balaban J connectivity index is 2.36. The van der Waals surface area contributed by atoms with Gasteiger partial charge < -0.3 is 19.5 Å². The lowest BCUT2D eigenvalue weighted by atomic mass is 10.3. The van der Waals surface area contributed by atoms with Gasteiger partial charge in [0.05, 0.1) is 12.3 Å². The molecule has 0 atom stereocenters. The zero-order valence-corrected chi connectivity index (χ0v) is 10.6. The first-order valence-electron chi connectivity index (χ1n) is 5.64. The molecule has 0 bridgehead atoms. The summed E-state index contributed by atoms with van der Waals surface area (Å²) in [6, 6.07) is 3.28. The minimum absolute atomic E-state index is 0.382. The fourth-order valence-electron chi connectivity index (χ4n) is 1.30. The first kappa shape index (κ1) is 14.4. The Morgan fingerprint density at radius 3 is 2.94 bits per heavy atom. The second-order valence-electron chi connectivity index (χ2n) is 3.58. The fraction of sp³-hybridized carbons (Fsp3) is 0.500. The highest BCUT2D eigenvalue weighted by molar-refractivity contribution is 5.70. The van der Waals surface area contributed by atoms with E-state index in [0.29, 0.717) is 31.2 Å². The predicted octanol–water partition coefficient (Wildman–Crippen LogP) is 1.35. The summed E-state index contributed by atoms with van der Waals surface area (Å²) in [6.45, 7) is 1.50.